The third kappa shape index (κ3) is 3.88. The van der Waals surface area contributed by atoms with Crippen molar-refractivity contribution in [3.63, 3.8) is 0 Å². The average Bonchev–Trinajstić information content (AvgIpc) is 3.29. The first-order valence-corrected chi connectivity index (χ1v) is 8.27. The first kappa shape index (κ1) is 17.2. The minimum Gasteiger partial charge on any atom is -0.493 e. The number of hydrogen-bond acceptors (Lipinski definition) is 6. The molecule has 1 saturated heterocycles. The largest absolute Gasteiger partial charge is 0.493 e. The molecule has 2 aromatic rings. The van der Waals surface area contributed by atoms with Gasteiger partial charge in [-0.2, -0.15) is 4.98 Å². The Balaban J connectivity index is 0.00000169. The highest BCUT2D eigenvalue weighted by atomic mass is 35.5. The Bertz CT molecular complexity index is 657. The Morgan fingerprint density at radius 3 is 2.79 bits per heavy atom. The molecule has 1 saturated carbocycles. The number of rotatable bonds is 5. The molecular weight excluding hydrogens is 328 g/mol. The standard InChI is InChI=1S/C17H22N4O2.ClH/c1-21-9-8-18-10-15(21)16-19-17(23-20-16)13-4-6-14(7-5-13)22-11-12-2-3-12;/h4-7,12,15,18H,2-3,8-11H2,1H3;1H. The summed E-state index contributed by atoms with van der Waals surface area (Å²) in [6.45, 7) is 3.66. The number of aromatic nitrogens is 2. The fraction of sp³-hybridized carbons (Fsp3) is 0.529. The van der Waals surface area contributed by atoms with Crippen molar-refractivity contribution >= 4 is 12.4 Å². The lowest BCUT2D eigenvalue weighted by atomic mass is 10.2. The molecule has 6 nitrogen and oxygen atoms in total. The molecule has 0 radical (unpaired) electrons. The van der Waals surface area contributed by atoms with Crippen molar-refractivity contribution in [1.29, 1.82) is 0 Å². The predicted octanol–water partition coefficient (Wildman–Crippen LogP) is 2.52. The van der Waals surface area contributed by atoms with Crippen LogP contribution in [0.2, 0.25) is 0 Å². The van der Waals surface area contributed by atoms with Crippen LogP contribution in [0, 0.1) is 5.92 Å². The molecule has 130 valence electrons. The lowest BCUT2D eigenvalue weighted by molar-refractivity contribution is 0.190. The smallest absolute Gasteiger partial charge is 0.257 e. The number of nitrogens with one attached hydrogen (secondary N) is 1. The third-order valence-electron chi connectivity index (χ3n) is 4.53. The summed E-state index contributed by atoms with van der Waals surface area (Å²) in [5.41, 5.74) is 0.925. The number of likely N-dealkylation sites (N-methyl/N-ethyl adjacent to an activating group) is 1. The van der Waals surface area contributed by atoms with Gasteiger partial charge in [-0.05, 0) is 50.1 Å². The van der Waals surface area contributed by atoms with Crippen LogP contribution < -0.4 is 10.1 Å². The summed E-state index contributed by atoms with van der Waals surface area (Å²) < 4.78 is 11.2. The van der Waals surface area contributed by atoms with Gasteiger partial charge in [0.05, 0.1) is 12.6 Å². The Morgan fingerprint density at radius 1 is 1.29 bits per heavy atom. The van der Waals surface area contributed by atoms with E-state index in [1.165, 1.54) is 12.8 Å². The summed E-state index contributed by atoms with van der Waals surface area (Å²) in [5, 5.41) is 7.53. The lowest BCUT2D eigenvalue weighted by Crippen LogP contribution is -2.44. The fourth-order valence-electron chi connectivity index (χ4n) is 2.77. The van der Waals surface area contributed by atoms with Crippen molar-refractivity contribution in [3.05, 3.63) is 30.1 Å². The van der Waals surface area contributed by atoms with Gasteiger partial charge in [-0.1, -0.05) is 5.16 Å². The van der Waals surface area contributed by atoms with Crippen molar-refractivity contribution in [2.75, 3.05) is 33.3 Å². The van der Waals surface area contributed by atoms with Crippen LogP contribution in [0.15, 0.2) is 28.8 Å². The van der Waals surface area contributed by atoms with Gasteiger partial charge in [0.15, 0.2) is 5.82 Å². The van der Waals surface area contributed by atoms with E-state index in [4.69, 9.17) is 9.26 Å². The summed E-state index contributed by atoms with van der Waals surface area (Å²) >= 11 is 0. The molecule has 0 amide bonds. The normalized spacial score (nSPS) is 21.3. The van der Waals surface area contributed by atoms with Crippen LogP contribution in [-0.4, -0.2) is 48.3 Å². The van der Waals surface area contributed by atoms with Crippen LogP contribution in [0.5, 0.6) is 5.75 Å². The minimum atomic E-state index is 0. The minimum absolute atomic E-state index is 0. The number of piperazine rings is 1. The number of halogens is 1. The van der Waals surface area contributed by atoms with Gasteiger partial charge in [-0.25, -0.2) is 0 Å². The van der Waals surface area contributed by atoms with E-state index in [1.807, 2.05) is 24.3 Å². The second-order valence-electron chi connectivity index (χ2n) is 6.44. The zero-order valence-corrected chi connectivity index (χ0v) is 14.6. The van der Waals surface area contributed by atoms with Crippen LogP contribution in [-0.2, 0) is 0 Å². The molecule has 2 heterocycles. The van der Waals surface area contributed by atoms with E-state index >= 15 is 0 Å². The van der Waals surface area contributed by atoms with Gasteiger partial charge in [0, 0.05) is 25.2 Å². The van der Waals surface area contributed by atoms with Gasteiger partial charge in [-0.15, -0.1) is 12.4 Å². The Kier molecular flexibility index (Phi) is 5.38. The van der Waals surface area contributed by atoms with Gasteiger partial charge in [0.25, 0.3) is 5.89 Å². The molecule has 0 spiro atoms. The molecule has 0 bridgehead atoms. The second kappa shape index (κ2) is 7.51. The van der Waals surface area contributed by atoms with E-state index in [2.05, 4.69) is 27.4 Å². The van der Waals surface area contributed by atoms with Gasteiger partial charge < -0.3 is 14.6 Å². The van der Waals surface area contributed by atoms with Crippen LogP contribution in [0.3, 0.4) is 0 Å². The molecule has 7 heteroatoms. The van der Waals surface area contributed by atoms with Crippen LogP contribution in [0.25, 0.3) is 11.5 Å². The van der Waals surface area contributed by atoms with Crippen LogP contribution in [0.1, 0.15) is 24.7 Å². The van der Waals surface area contributed by atoms with E-state index in [-0.39, 0.29) is 18.4 Å². The number of ether oxygens (including phenoxy) is 1. The first-order chi connectivity index (χ1) is 11.3. The van der Waals surface area contributed by atoms with Crippen molar-refractivity contribution < 1.29 is 9.26 Å². The summed E-state index contributed by atoms with van der Waals surface area (Å²) in [4.78, 5) is 6.82. The van der Waals surface area contributed by atoms with Gasteiger partial charge in [0.2, 0.25) is 0 Å². The lowest BCUT2D eigenvalue weighted by Gasteiger charge is -2.30. The molecule has 1 N–H and O–H groups in total. The molecule has 1 atom stereocenters. The van der Waals surface area contributed by atoms with E-state index in [1.54, 1.807) is 0 Å². The Hall–Kier alpha value is -1.63. The van der Waals surface area contributed by atoms with E-state index in [0.29, 0.717) is 5.89 Å². The van der Waals surface area contributed by atoms with Crippen molar-refractivity contribution in [2.45, 2.75) is 18.9 Å². The second-order valence-corrected chi connectivity index (χ2v) is 6.44. The summed E-state index contributed by atoms with van der Waals surface area (Å²) in [5.74, 6) is 2.96. The van der Waals surface area contributed by atoms with Gasteiger partial charge in [-0.3, -0.25) is 4.90 Å². The molecule has 1 unspecified atom stereocenters. The topological polar surface area (TPSA) is 63.4 Å². The van der Waals surface area contributed by atoms with Gasteiger partial charge in [0.1, 0.15) is 5.75 Å². The Morgan fingerprint density at radius 2 is 2.08 bits per heavy atom. The van der Waals surface area contributed by atoms with E-state index in [9.17, 15) is 0 Å². The van der Waals surface area contributed by atoms with E-state index in [0.717, 1.165) is 49.3 Å². The van der Waals surface area contributed by atoms with Crippen molar-refractivity contribution in [2.24, 2.45) is 5.92 Å². The molecule has 1 aromatic heterocycles. The van der Waals surface area contributed by atoms with Crippen molar-refractivity contribution in [1.82, 2.24) is 20.4 Å². The number of hydrogen-bond donors (Lipinski definition) is 1. The Labute approximate surface area is 148 Å². The summed E-state index contributed by atoms with van der Waals surface area (Å²) in [6, 6.07) is 8.05. The highest BCUT2D eigenvalue weighted by Crippen LogP contribution is 2.30. The molecule has 4 rings (SSSR count). The molecular formula is C17H23ClN4O2. The number of nitrogens with zero attached hydrogens (tertiary/aromatic N) is 3. The van der Waals surface area contributed by atoms with Crippen LogP contribution in [0.4, 0.5) is 0 Å². The maximum atomic E-state index is 5.75. The summed E-state index contributed by atoms with van der Waals surface area (Å²) in [6.07, 6.45) is 2.60. The van der Waals surface area contributed by atoms with Crippen molar-refractivity contribution in [3.8, 4) is 17.2 Å². The molecule has 2 aliphatic rings. The molecule has 1 aromatic carbocycles. The molecule has 1 aliphatic heterocycles. The SMILES string of the molecule is CN1CCNCC1c1noc(-c2ccc(OCC3CC3)cc2)n1.Cl. The highest BCUT2D eigenvalue weighted by molar-refractivity contribution is 5.85. The number of benzene rings is 1. The maximum absolute atomic E-state index is 5.75. The van der Waals surface area contributed by atoms with E-state index < -0.39 is 0 Å². The molecule has 24 heavy (non-hydrogen) atoms. The van der Waals surface area contributed by atoms with Crippen LogP contribution >= 0.6 is 12.4 Å². The molecule has 2 fully saturated rings. The average molecular weight is 351 g/mol. The zero-order valence-electron chi connectivity index (χ0n) is 13.8. The fourth-order valence-corrected chi connectivity index (χ4v) is 2.77. The summed E-state index contributed by atoms with van der Waals surface area (Å²) in [7, 11) is 2.09. The monoisotopic (exact) mass is 350 g/mol. The maximum Gasteiger partial charge on any atom is 0.257 e. The van der Waals surface area contributed by atoms with Gasteiger partial charge >= 0.3 is 0 Å². The quantitative estimate of drug-likeness (QED) is 0.894. The zero-order chi connectivity index (χ0) is 15.6. The molecule has 1 aliphatic carbocycles. The third-order valence-corrected chi connectivity index (χ3v) is 4.53. The highest BCUT2D eigenvalue weighted by Gasteiger charge is 2.25. The predicted molar refractivity (Wildman–Crippen MR) is 93.4 cm³/mol. The first-order valence-electron chi connectivity index (χ1n) is 8.27.